The van der Waals surface area contributed by atoms with Crippen LogP contribution in [0.3, 0.4) is 0 Å². The molecule has 2 atom stereocenters. The number of carbonyl (C=O) groups is 2. The number of rotatable bonds is 7. The third-order valence-electron chi connectivity index (χ3n) is 4.92. The summed E-state index contributed by atoms with van der Waals surface area (Å²) < 4.78 is 26.0. The molecule has 1 aromatic carbocycles. The lowest BCUT2D eigenvalue weighted by atomic mass is 9.75. The highest BCUT2D eigenvalue weighted by atomic mass is 35.5. The summed E-state index contributed by atoms with van der Waals surface area (Å²) in [7, 11) is 1.21. The van der Waals surface area contributed by atoms with E-state index < -0.39 is 30.4 Å². The number of carbonyl (C=O) groups excluding carboxylic acids is 2. The van der Waals surface area contributed by atoms with E-state index in [9.17, 15) is 14.0 Å². The quantitative estimate of drug-likeness (QED) is 0.621. The number of ether oxygens (including phenoxy) is 2. The smallest absolute Gasteiger partial charge is 0.336 e. The molecule has 2 heterocycles. The van der Waals surface area contributed by atoms with Gasteiger partial charge >= 0.3 is 11.9 Å². The average molecular weight is 433 g/mol. The van der Waals surface area contributed by atoms with Gasteiger partial charge in [-0.1, -0.05) is 29.8 Å². The van der Waals surface area contributed by atoms with Crippen LogP contribution in [0.4, 0.5) is 4.39 Å². The van der Waals surface area contributed by atoms with Crippen LogP contribution in [0.1, 0.15) is 18.4 Å². The van der Waals surface area contributed by atoms with Crippen LogP contribution in [0.15, 0.2) is 65.1 Å². The summed E-state index contributed by atoms with van der Waals surface area (Å²) in [5.74, 6) is -3.34. The van der Waals surface area contributed by atoms with E-state index in [2.05, 4.69) is 4.99 Å². The number of aliphatic imine (C=N–C) groups is 1. The lowest BCUT2D eigenvalue weighted by Gasteiger charge is -2.32. The van der Waals surface area contributed by atoms with Crippen LogP contribution >= 0.6 is 11.6 Å². The molecule has 0 spiro atoms. The third kappa shape index (κ3) is 4.31. The van der Waals surface area contributed by atoms with Gasteiger partial charge in [-0.05, 0) is 30.7 Å². The minimum Gasteiger partial charge on any atom is -0.468 e. The van der Waals surface area contributed by atoms with E-state index in [-0.39, 0.29) is 24.4 Å². The van der Waals surface area contributed by atoms with E-state index in [0.29, 0.717) is 16.3 Å². The molecule has 0 saturated heterocycles. The van der Waals surface area contributed by atoms with Gasteiger partial charge in [-0.3, -0.25) is 9.79 Å². The molecule has 0 bridgehead atoms. The number of aromatic nitrogens is 1. The van der Waals surface area contributed by atoms with E-state index >= 15 is 0 Å². The monoisotopic (exact) mass is 432 g/mol. The van der Waals surface area contributed by atoms with Gasteiger partial charge in [0, 0.05) is 23.3 Å². The van der Waals surface area contributed by atoms with Crippen LogP contribution in [-0.4, -0.2) is 42.6 Å². The van der Waals surface area contributed by atoms with Gasteiger partial charge in [-0.15, -0.1) is 0 Å². The summed E-state index contributed by atoms with van der Waals surface area (Å²) in [4.78, 5) is 30.1. The molecular formula is C22H22ClFN2O4. The molecule has 0 aliphatic carbocycles. The number of hydrogen-bond donors (Lipinski definition) is 0. The maximum absolute atomic E-state index is 14.0. The molecule has 0 N–H and O–H groups in total. The number of hydrogen-bond acceptors (Lipinski definition) is 5. The first-order chi connectivity index (χ1) is 14.5. The zero-order chi connectivity index (χ0) is 21.7. The zero-order valence-corrected chi connectivity index (χ0v) is 17.4. The molecule has 1 aliphatic heterocycles. The number of benzene rings is 1. The summed E-state index contributed by atoms with van der Waals surface area (Å²) in [5.41, 5.74) is 0.985. The summed E-state index contributed by atoms with van der Waals surface area (Å²) in [5, 5.41) is 0.346. The SMILES string of the molecule is CCOC(=O)C1=C(Cn2cccc2)N=C(CF)C(C(=O)OC)C1c1ccccc1Cl. The normalized spacial score (nSPS) is 18.7. The topological polar surface area (TPSA) is 69.9 Å². The first kappa shape index (κ1) is 21.8. The van der Waals surface area contributed by atoms with E-state index in [1.165, 1.54) is 7.11 Å². The minimum atomic E-state index is -1.13. The molecule has 3 rings (SSSR count). The molecule has 0 radical (unpaired) electrons. The molecule has 0 saturated carbocycles. The minimum absolute atomic E-state index is 0.0121. The zero-order valence-electron chi connectivity index (χ0n) is 16.7. The van der Waals surface area contributed by atoms with Crippen molar-refractivity contribution in [3.8, 4) is 0 Å². The molecule has 0 amide bonds. The lowest BCUT2D eigenvalue weighted by Crippen LogP contribution is -2.39. The Hall–Kier alpha value is -2.93. The van der Waals surface area contributed by atoms with Crippen molar-refractivity contribution in [1.29, 1.82) is 0 Å². The van der Waals surface area contributed by atoms with Gasteiger partial charge in [-0.25, -0.2) is 9.18 Å². The van der Waals surface area contributed by atoms with Crippen molar-refractivity contribution >= 4 is 29.3 Å². The average Bonchev–Trinajstić information content (AvgIpc) is 3.26. The number of methoxy groups -OCH3 is 1. The second-order valence-electron chi connectivity index (χ2n) is 6.67. The van der Waals surface area contributed by atoms with Gasteiger partial charge in [0.2, 0.25) is 0 Å². The van der Waals surface area contributed by atoms with E-state index in [1.807, 2.05) is 12.1 Å². The van der Waals surface area contributed by atoms with Gasteiger partial charge in [0.05, 0.1) is 37.2 Å². The Morgan fingerprint density at radius 2 is 1.90 bits per heavy atom. The van der Waals surface area contributed by atoms with Crippen LogP contribution in [0.5, 0.6) is 0 Å². The summed E-state index contributed by atoms with van der Waals surface area (Å²) in [6, 6.07) is 10.5. The van der Waals surface area contributed by atoms with Gasteiger partial charge in [-0.2, -0.15) is 0 Å². The Morgan fingerprint density at radius 3 is 2.50 bits per heavy atom. The molecule has 2 aromatic rings. The Labute approximate surface area is 179 Å². The molecule has 6 nitrogen and oxygen atoms in total. The molecule has 30 heavy (non-hydrogen) atoms. The highest BCUT2D eigenvalue weighted by Crippen LogP contribution is 2.43. The fourth-order valence-electron chi connectivity index (χ4n) is 3.64. The van der Waals surface area contributed by atoms with Crippen LogP contribution < -0.4 is 0 Å². The van der Waals surface area contributed by atoms with Crippen molar-refractivity contribution in [1.82, 2.24) is 4.57 Å². The number of alkyl halides is 1. The second-order valence-corrected chi connectivity index (χ2v) is 7.08. The fraction of sp³-hybridized carbons (Fsp3) is 0.318. The molecule has 0 fully saturated rings. The molecule has 8 heteroatoms. The Kier molecular flexibility index (Phi) is 7.05. The summed E-state index contributed by atoms with van der Waals surface area (Å²) in [6.07, 6.45) is 3.61. The van der Waals surface area contributed by atoms with Crippen molar-refractivity contribution in [2.24, 2.45) is 10.9 Å². The number of nitrogens with zero attached hydrogens (tertiary/aromatic N) is 2. The van der Waals surface area contributed by atoms with Gasteiger partial charge in [0.25, 0.3) is 0 Å². The third-order valence-corrected chi connectivity index (χ3v) is 5.26. The Bertz CT molecular complexity index is 985. The highest BCUT2D eigenvalue weighted by Gasteiger charge is 2.45. The number of esters is 2. The maximum atomic E-state index is 14.0. The molecular weight excluding hydrogens is 411 g/mol. The molecule has 158 valence electrons. The van der Waals surface area contributed by atoms with Crippen LogP contribution in [-0.2, 0) is 25.6 Å². The maximum Gasteiger partial charge on any atom is 0.336 e. The second kappa shape index (κ2) is 9.71. The van der Waals surface area contributed by atoms with Crippen molar-refractivity contribution < 1.29 is 23.5 Å². The first-order valence-electron chi connectivity index (χ1n) is 9.48. The summed E-state index contributed by atoms with van der Waals surface area (Å²) >= 11 is 6.43. The van der Waals surface area contributed by atoms with Gasteiger partial charge in [0.1, 0.15) is 12.6 Å². The number of allylic oxidation sites excluding steroid dienone is 1. The molecule has 1 aromatic heterocycles. The van der Waals surface area contributed by atoms with E-state index in [4.69, 9.17) is 21.1 Å². The first-order valence-corrected chi connectivity index (χ1v) is 9.86. The van der Waals surface area contributed by atoms with Gasteiger partial charge < -0.3 is 14.0 Å². The molecule has 1 aliphatic rings. The Morgan fingerprint density at radius 1 is 1.20 bits per heavy atom. The molecule has 2 unspecified atom stereocenters. The highest BCUT2D eigenvalue weighted by molar-refractivity contribution is 6.31. The van der Waals surface area contributed by atoms with Crippen LogP contribution in [0, 0.1) is 5.92 Å². The predicted octanol–water partition coefficient (Wildman–Crippen LogP) is 3.96. The van der Waals surface area contributed by atoms with Crippen molar-refractivity contribution in [2.75, 3.05) is 20.4 Å². The van der Waals surface area contributed by atoms with E-state index in [1.54, 1.807) is 48.1 Å². The van der Waals surface area contributed by atoms with Gasteiger partial charge in [0.15, 0.2) is 0 Å². The predicted molar refractivity (Wildman–Crippen MR) is 111 cm³/mol. The van der Waals surface area contributed by atoms with Crippen molar-refractivity contribution in [3.05, 3.63) is 70.6 Å². The van der Waals surface area contributed by atoms with Crippen LogP contribution in [0.25, 0.3) is 0 Å². The fourth-order valence-corrected chi connectivity index (χ4v) is 3.89. The Balaban J connectivity index is 2.27. The lowest BCUT2D eigenvalue weighted by molar-refractivity contribution is -0.144. The van der Waals surface area contributed by atoms with E-state index in [0.717, 1.165) is 0 Å². The summed E-state index contributed by atoms with van der Waals surface area (Å²) in [6.45, 7) is 1.06. The number of halogens is 2. The van der Waals surface area contributed by atoms with Crippen molar-refractivity contribution in [2.45, 2.75) is 19.4 Å². The standard InChI is InChI=1S/C22H22ClFN2O4/c1-3-30-22(28)20-17(13-26-10-6-7-11-26)25-16(12-24)19(21(27)29-2)18(20)14-8-4-5-9-15(14)23/h4-11,18-19H,3,12-13H2,1-2H3. The van der Waals surface area contributed by atoms with Crippen molar-refractivity contribution in [3.63, 3.8) is 0 Å². The van der Waals surface area contributed by atoms with Crippen LogP contribution in [0.2, 0.25) is 5.02 Å². The largest absolute Gasteiger partial charge is 0.468 e.